The Bertz CT molecular complexity index is 556. The van der Waals surface area contributed by atoms with Gasteiger partial charge in [0.05, 0.1) is 6.04 Å². The van der Waals surface area contributed by atoms with Crippen molar-refractivity contribution in [3.63, 3.8) is 0 Å². The van der Waals surface area contributed by atoms with Crippen molar-refractivity contribution in [3.05, 3.63) is 47.4 Å². The van der Waals surface area contributed by atoms with Crippen LogP contribution in [0, 0.1) is 12.7 Å². The fourth-order valence-corrected chi connectivity index (χ4v) is 1.71. The highest BCUT2D eigenvalue weighted by atomic mass is 19.1. The summed E-state index contributed by atoms with van der Waals surface area (Å²) in [5, 5.41) is 3.14. The van der Waals surface area contributed by atoms with Crippen LogP contribution in [-0.2, 0) is 0 Å². The van der Waals surface area contributed by atoms with E-state index in [-0.39, 0.29) is 17.8 Å². The molecule has 94 valence electrons. The van der Waals surface area contributed by atoms with Crippen molar-refractivity contribution in [1.29, 1.82) is 0 Å². The predicted octanol–water partition coefficient (Wildman–Crippen LogP) is 2.68. The zero-order valence-electron chi connectivity index (χ0n) is 10.3. The summed E-state index contributed by atoms with van der Waals surface area (Å²) in [4.78, 5) is 7.99. The summed E-state index contributed by atoms with van der Waals surface area (Å²) in [6.07, 6.45) is 1.64. The fourth-order valence-electron chi connectivity index (χ4n) is 1.71. The van der Waals surface area contributed by atoms with Crippen molar-refractivity contribution in [2.45, 2.75) is 19.9 Å². The fraction of sp³-hybridized carbons (Fsp3) is 0.231. The van der Waals surface area contributed by atoms with Crippen molar-refractivity contribution in [2.75, 3.05) is 11.1 Å². The van der Waals surface area contributed by atoms with Gasteiger partial charge in [0.1, 0.15) is 11.6 Å². The lowest BCUT2D eigenvalue weighted by atomic mass is 10.1. The Kier molecular flexibility index (Phi) is 3.41. The first kappa shape index (κ1) is 12.3. The third-order valence-electron chi connectivity index (χ3n) is 2.72. The lowest BCUT2D eigenvalue weighted by molar-refractivity contribution is 0.600. The average Bonchev–Trinajstić information content (AvgIpc) is 2.34. The molecule has 18 heavy (non-hydrogen) atoms. The Morgan fingerprint density at radius 3 is 2.78 bits per heavy atom. The second-order valence-electron chi connectivity index (χ2n) is 4.15. The van der Waals surface area contributed by atoms with E-state index in [1.54, 1.807) is 24.4 Å². The molecule has 2 rings (SSSR count). The minimum Gasteiger partial charge on any atom is -0.368 e. The van der Waals surface area contributed by atoms with Crippen molar-refractivity contribution in [2.24, 2.45) is 0 Å². The van der Waals surface area contributed by atoms with Gasteiger partial charge in [-0.25, -0.2) is 9.37 Å². The number of nitrogens with one attached hydrogen (secondary N) is 1. The van der Waals surface area contributed by atoms with Gasteiger partial charge >= 0.3 is 0 Å². The minimum atomic E-state index is -0.239. The molecule has 0 aliphatic rings. The molecule has 0 amide bonds. The Hall–Kier alpha value is -2.17. The zero-order valence-corrected chi connectivity index (χ0v) is 10.3. The molecule has 0 aliphatic carbocycles. The summed E-state index contributed by atoms with van der Waals surface area (Å²) in [6.45, 7) is 3.74. The predicted molar refractivity (Wildman–Crippen MR) is 69.6 cm³/mol. The third-order valence-corrected chi connectivity index (χ3v) is 2.72. The lowest BCUT2D eigenvalue weighted by Crippen LogP contribution is -2.12. The molecule has 3 N–H and O–H groups in total. The molecule has 5 heteroatoms. The molecule has 1 heterocycles. The van der Waals surface area contributed by atoms with E-state index in [9.17, 15) is 4.39 Å². The van der Waals surface area contributed by atoms with E-state index >= 15 is 0 Å². The molecular formula is C13H15FN4. The maximum Gasteiger partial charge on any atom is 0.221 e. The van der Waals surface area contributed by atoms with Crippen molar-refractivity contribution in [1.82, 2.24) is 9.97 Å². The quantitative estimate of drug-likeness (QED) is 0.874. The summed E-state index contributed by atoms with van der Waals surface area (Å²) >= 11 is 0. The lowest BCUT2D eigenvalue weighted by Gasteiger charge is -2.17. The van der Waals surface area contributed by atoms with E-state index in [0.717, 1.165) is 5.56 Å². The largest absolute Gasteiger partial charge is 0.368 e. The Balaban J connectivity index is 2.24. The van der Waals surface area contributed by atoms with Crippen LogP contribution >= 0.6 is 0 Å². The van der Waals surface area contributed by atoms with Gasteiger partial charge in [0, 0.05) is 17.3 Å². The number of hydrogen-bond acceptors (Lipinski definition) is 4. The average molecular weight is 246 g/mol. The van der Waals surface area contributed by atoms with Gasteiger partial charge in [0.15, 0.2) is 0 Å². The molecule has 0 spiro atoms. The number of anilines is 2. The third kappa shape index (κ3) is 2.56. The summed E-state index contributed by atoms with van der Waals surface area (Å²) in [5.41, 5.74) is 7.00. The molecular weight excluding hydrogens is 231 g/mol. The van der Waals surface area contributed by atoms with Gasteiger partial charge in [0.25, 0.3) is 0 Å². The van der Waals surface area contributed by atoms with Gasteiger partial charge in [0.2, 0.25) is 5.95 Å². The molecule has 1 atom stereocenters. The molecule has 0 bridgehead atoms. The van der Waals surface area contributed by atoms with E-state index in [4.69, 9.17) is 5.73 Å². The smallest absolute Gasteiger partial charge is 0.221 e. The van der Waals surface area contributed by atoms with Crippen LogP contribution in [0.25, 0.3) is 0 Å². The van der Waals surface area contributed by atoms with Crippen LogP contribution < -0.4 is 11.1 Å². The van der Waals surface area contributed by atoms with Crippen LogP contribution in [0.3, 0.4) is 0 Å². The Morgan fingerprint density at radius 2 is 2.06 bits per heavy atom. The topological polar surface area (TPSA) is 63.8 Å². The van der Waals surface area contributed by atoms with Gasteiger partial charge in [-0.15, -0.1) is 0 Å². The van der Waals surface area contributed by atoms with Crippen LogP contribution in [0.5, 0.6) is 0 Å². The van der Waals surface area contributed by atoms with E-state index < -0.39 is 0 Å². The molecule has 0 saturated carbocycles. The number of aryl methyl sites for hydroxylation is 1. The number of halogens is 1. The first-order chi connectivity index (χ1) is 8.58. The molecule has 0 aliphatic heterocycles. The first-order valence-corrected chi connectivity index (χ1v) is 5.68. The molecule has 1 aromatic heterocycles. The highest BCUT2D eigenvalue weighted by Crippen LogP contribution is 2.22. The number of rotatable bonds is 3. The maximum atomic E-state index is 13.6. The highest BCUT2D eigenvalue weighted by Gasteiger charge is 2.12. The molecule has 1 unspecified atom stereocenters. The van der Waals surface area contributed by atoms with Gasteiger partial charge in [-0.3, -0.25) is 0 Å². The van der Waals surface area contributed by atoms with E-state index in [1.165, 1.54) is 6.07 Å². The van der Waals surface area contributed by atoms with E-state index in [1.807, 2.05) is 13.8 Å². The number of nitrogen functional groups attached to an aromatic ring is 1. The molecule has 0 fully saturated rings. The summed E-state index contributed by atoms with van der Waals surface area (Å²) in [7, 11) is 0. The number of nitrogens with zero attached hydrogens (tertiary/aromatic N) is 2. The maximum absolute atomic E-state index is 13.6. The standard InChI is InChI=1S/C13H15FN4/c1-8-7-16-13(15)18-12(8)17-9(2)10-5-3-4-6-11(10)14/h3-7,9H,1-2H3,(H3,15,16,17,18). The Labute approximate surface area is 105 Å². The van der Waals surface area contributed by atoms with Crippen LogP contribution in [0.2, 0.25) is 0 Å². The van der Waals surface area contributed by atoms with Gasteiger partial charge in [-0.1, -0.05) is 18.2 Å². The molecule has 2 aromatic rings. The second kappa shape index (κ2) is 5.00. The van der Waals surface area contributed by atoms with Crippen molar-refractivity contribution < 1.29 is 4.39 Å². The van der Waals surface area contributed by atoms with Crippen molar-refractivity contribution >= 4 is 11.8 Å². The van der Waals surface area contributed by atoms with Gasteiger partial charge in [-0.2, -0.15) is 4.98 Å². The Morgan fingerprint density at radius 1 is 1.33 bits per heavy atom. The monoisotopic (exact) mass is 246 g/mol. The molecule has 0 saturated heterocycles. The number of hydrogen-bond donors (Lipinski definition) is 2. The normalized spacial score (nSPS) is 12.2. The van der Waals surface area contributed by atoms with Crippen LogP contribution in [0.1, 0.15) is 24.1 Å². The summed E-state index contributed by atoms with van der Waals surface area (Å²) in [6, 6.07) is 6.46. The van der Waals surface area contributed by atoms with Gasteiger partial charge < -0.3 is 11.1 Å². The van der Waals surface area contributed by atoms with E-state index in [2.05, 4.69) is 15.3 Å². The zero-order chi connectivity index (χ0) is 13.1. The van der Waals surface area contributed by atoms with Crippen molar-refractivity contribution in [3.8, 4) is 0 Å². The van der Waals surface area contributed by atoms with Crippen LogP contribution in [0.15, 0.2) is 30.5 Å². The van der Waals surface area contributed by atoms with Crippen LogP contribution in [-0.4, -0.2) is 9.97 Å². The SMILES string of the molecule is Cc1cnc(N)nc1NC(C)c1ccccc1F. The number of benzene rings is 1. The summed E-state index contributed by atoms with van der Waals surface area (Å²) < 4.78 is 13.6. The molecule has 1 aromatic carbocycles. The molecule has 4 nitrogen and oxygen atoms in total. The van der Waals surface area contributed by atoms with E-state index in [0.29, 0.717) is 11.4 Å². The highest BCUT2D eigenvalue weighted by molar-refractivity contribution is 5.47. The minimum absolute atomic E-state index is 0.195. The second-order valence-corrected chi connectivity index (χ2v) is 4.15. The number of aromatic nitrogens is 2. The number of nitrogens with two attached hydrogens (primary N) is 1. The first-order valence-electron chi connectivity index (χ1n) is 5.68. The molecule has 0 radical (unpaired) electrons. The summed E-state index contributed by atoms with van der Waals surface area (Å²) in [5.74, 6) is 0.583. The van der Waals surface area contributed by atoms with Gasteiger partial charge in [-0.05, 0) is 19.9 Å². The van der Waals surface area contributed by atoms with Crippen LogP contribution in [0.4, 0.5) is 16.2 Å².